The number of Topliss-reactive ketones (excluding diaryl/α,β-unsaturated/α-hetero) is 1. The quantitative estimate of drug-likeness (QED) is 0.897. The maximum absolute atomic E-state index is 12.0. The molecule has 0 fully saturated rings. The van der Waals surface area contributed by atoms with Crippen molar-refractivity contribution in [2.24, 2.45) is 0 Å². The minimum Gasteiger partial charge on any atom is -0.481 e. The fourth-order valence-corrected chi connectivity index (χ4v) is 2.20. The lowest BCUT2D eigenvalue weighted by Gasteiger charge is -2.22. The molecule has 1 aliphatic heterocycles. The molecule has 2 rings (SSSR count). The van der Waals surface area contributed by atoms with Crippen molar-refractivity contribution in [1.82, 2.24) is 0 Å². The second-order valence-electron chi connectivity index (χ2n) is 4.48. The average Bonchev–Trinajstić information content (AvgIpc) is 2.50. The fourth-order valence-electron chi connectivity index (χ4n) is 2.20. The minimum atomic E-state index is -0.883. The second kappa shape index (κ2) is 5.65. The SMILES string of the molecule is O=C(O)CCCN1C(=O)CCC(=O)c2ccccc21. The number of anilines is 1. The van der Waals surface area contributed by atoms with E-state index >= 15 is 0 Å². The van der Waals surface area contributed by atoms with Gasteiger partial charge in [0.15, 0.2) is 5.78 Å². The van der Waals surface area contributed by atoms with Crippen molar-refractivity contribution in [2.45, 2.75) is 25.7 Å². The monoisotopic (exact) mass is 261 g/mol. The maximum Gasteiger partial charge on any atom is 0.303 e. The van der Waals surface area contributed by atoms with Crippen LogP contribution in [0.2, 0.25) is 0 Å². The molecular weight excluding hydrogens is 246 g/mol. The van der Waals surface area contributed by atoms with Crippen molar-refractivity contribution in [2.75, 3.05) is 11.4 Å². The van der Waals surface area contributed by atoms with Crippen LogP contribution in [-0.2, 0) is 9.59 Å². The molecule has 1 aliphatic rings. The predicted molar refractivity (Wildman–Crippen MR) is 69.2 cm³/mol. The number of hydrogen-bond acceptors (Lipinski definition) is 3. The normalized spacial score (nSPS) is 15.1. The number of rotatable bonds is 4. The van der Waals surface area contributed by atoms with Gasteiger partial charge in [-0.05, 0) is 18.6 Å². The van der Waals surface area contributed by atoms with E-state index in [1.54, 1.807) is 24.3 Å². The number of nitrogens with zero attached hydrogens (tertiary/aromatic N) is 1. The lowest BCUT2D eigenvalue weighted by molar-refractivity contribution is -0.137. The molecule has 0 bridgehead atoms. The molecule has 19 heavy (non-hydrogen) atoms. The van der Waals surface area contributed by atoms with Crippen LogP contribution in [0.1, 0.15) is 36.0 Å². The van der Waals surface area contributed by atoms with Crippen molar-refractivity contribution in [3.05, 3.63) is 29.8 Å². The lowest BCUT2D eigenvalue weighted by atomic mass is 10.1. The maximum atomic E-state index is 12.0. The first-order valence-electron chi connectivity index (χ1n) is 6.24. The first-order chi connectivity index (χ1) is 9.09. The van der Waals surface area contributed by atoms with Gasteiger partial charge in [-0.2, -0.15) is 0 Å². The van der Waals surface area contributed by atoms with Crippen molar-refractivity contribution < 1.29 is 19.5 Å². The molecule has 0 spiro atoms. The van der Waals surface area contributed by atoms with E-state index in [-0.39, 0.29) is 31.0 Å². The smallest absolute Gasteiger partial charge is 0.303 e. The summed E-state index contributed by atoms with van der Waals surface area (Å²) in [6.45, 7) is 0.329. The zero-order valence-corrected chi connectivity index (χ0v) is 10.5. The largest absolute Gasteiger partial charge is 0.481 e. The van der Waals surface area contributed by atoms with Gasteiger partial charge in [0.1, 0.15) is 0 Å². The first-order valence-corrected chi connectivity index (χ1v) is 6.24. The Hall–Kier alpha value is -2.17. The predicted octanol–water partition coefficient (Wildman–Crippen LogP) is 1.86. The highest BCUT2D eigenvalue weighted by atomic mass is 16.4. The van der Waals surface area contributed by atoms with Crippen LogP contribution in [0.15, 0.2) is 24.3 Å². The summed E-state index contributed by atoms with van der Waals surface area (Å²) in [4.78, 5) is 36.0. The van der Waals surface area contributed by atoms with Crippen LogP contribution in [0.4, 0.5) is 5.69 Å². The van der Waals surface area contributed by atoms with Gasteiger partial charge < -0.3 is 10.0 Å². The third kappa shape index (κ3) is 2.99. The van der Waals surface area contributed by atoms with E-state index in [1.807, 2.05) is 0 Å². The molecular formula is C14H15NO4. The molecule has 1 N–H and O–H groups in total. The van der Waals surface area contributed by atoms with Gasteiger partial charge in [0.05, 0.1) is 5.69 Å². The molecule has 0 radical (unpaired) electrons. The molecule has 1 amide bonds. The molecule has 1 aromatic rings. The van der Waals surface area contributed by atoms with Gasteiger partial charge in [0, 0.05) is 31.4 Å². The summed E-state index contributed by atoms with van der Waals surface area (Å²) in [5.41, 5.74) is 1.14. The van der Waals surface area contributed by atoms with Crippen LogP contribution < -0.4 is 4.90 Å². The molecule has 0 saturated heterocycles. The number of carbonyl (C=O) groups is 3. The van der Waals surface area contributed by atoms with Crippen LogP contribution in [0.25, 0.3) is 0 Å². The number of carboxylic acids is 1. The number of carbonyl (C=O) groups excluding carboxylic acids is 2. The van der Waals surface area contributed by atoms with Gasteiger partial charge in [0.2, 0.25) is 5.91 Å². The summed E-state index contributed by atoms with van der Waals surface area (Å²) in [6, 6.07) is 6.98. The highest BCUT2D eigenvalue weighted by Gasteiger charge is 2.25. The lowest BCUT2D eigenvalue weighted by Crippen LogP contribution is -2.31. The van der Waals surface area contributed by atoms with Crippen LogP contribution >= 0.6 is 0 Å². The Morgan fingerprint density at radius 3 is 2.68 bits per heavy atom. The number of amides is 1. The Kier molecular flexibility index (Phi) is 3.94. The number of carboxylic acid groups (broad SMARTS) is 1. The summed E-state index contributed by atoms with van der Waals surface area (Å²) in [5.74, 6) is -1.04. The molecule has 1 heterocycles. The standard InChI is InChI=1S/C14H15NO4/c16-12-7-8-13(17)15(9-3-6-14(18)19)11-5-2-1-4-10(11)12/h1-2,4-5H,3,6-9H2,(H,18,19). The van der Waals surface area contributed by atoms with Crippen LogP contribution in [-0.4, -0.2) is 29.3 Å². The summed E-state index contributed by atoms with van der Waals surface area (Å²) in [7, 11) is 0. The second-order valence-corrected chi connectivity index (χ2v) is 4.48. The van der Waals surface area contributed by atoms with E-state index in [0.717, 1.165) is 0 Å². The van der Waals surface area contributed by atoms with E-state index < -0.39 is 5.97 Å². The summed E-state index contributed by atoms with van der Waals surface area (Å²) >= 11 is 0. The fraction of sp³-hybridized carbons (Fsp3) is 0.357. The number of aliphatic carboxylic acids is 1. The summed E-state index contributed by atoms with van der Waals surface area (Å²) in [6.07, 6.45) is 0.787. The Morgan fingerprint density at radius 2 is 1.95 bits per heavy atom. The van der Waals surface area contributed by atoms with E-state index in [4.69, 9.17) is 5.11 Å². The van der Waals surface area contributed by atoms with E-state index in [1.165, 1.54) is 4.90 Å². The molecule has 5 nitrogen and oxygen atoms in total. The Balaban J connectivity index is 2.24. The summed E-state index contributed by atoms with van der Waals surface area (Å²) < 4.78 is 0. The van der Waals surface area contributed by atoms with Crippen molar-refractivity contribution in [3.8, 4) is 0 Å². The number of hydrogen-bond donors (Lipinski definition) is 1. The Labute approximate surface area is 110 Å². The Bertz CT molecular complexity index is 524. The van der Waals surface area contributed by atoms with Crippen LogP contribution in [0.3, 0.4) is 0 Å². The molecule has 1 aromatic carbocycles. The molecule has 100 valence electrons. The van der Waals surface area contributed by atoms with Gasteiger partial charge in [-0.25, -0.2) is 0 Å². The minimum absolute atomic E-state index is 0.0138. The Morgan fingerprint density at radius 1 is 1.21 bits per heavy atom. The highest BCUT2D eigenvalue weighted by Crippen LogP contribution is 2.27. The average molecular weight is 261 g/mol. The number of para-hydroxylation sites is 1. The third-order valence-corrected chi connectivity index (χ3v) is 3.13. The van der Waals surface area contributed by atoms with Gasteiger partial charge in [0.25, 0.3) is 0 Å². The van der Waals surface area contributed by atoms with Crippen molar-refractivity contribution >= 4 is 23.3 Å². The van der Waals surface area contributed by atoms with Crippen molar-refractivity contribution in [3.63, 3.8) is 0 Å². The van der Waals surface area contributed by atoms with Crippen molar-refractivity contribution in [1.29, 1.82) is 0 Å². The van der Waals surface area contributed by atoms with E-state index in [0.29, 0.717) is 24.2 Å². The van der Waals surface area contributed by atoms with Gasteiger partial charge >= 0.3 is 5.97 Å². The zero-order valence-electron chi connectivity index (χ0n) is 10.5. The number of benzene rings is 1. The van der Waals surface area contributed by atoms with Gasteiger partial charge in [-0.3, -0.25) is 14.4 Å². The van der Waals surface area contributed by atoms with Crippen LogP contribution in [0, 0.1) is 0 Å². The number of fused-ring (bicyclic) bond motifs is 1. The molecule has 0 unspecified atom stereocenters. The molecule has 0 aromatic heterocycles. The van der Waals surface area contributed by atoms with E-state index in [2.05, 4.69) is 0 Å². The topological polar surface area (TPSA) is 74.7 Å². The zero-order chi connectivity index (χ0) is 13.8. The molecule has 0 atom stereocenters. The third-order valence-electron chi connectivity index (χ3n) is 3.13. The number of ketones is 1. The summed E-state index contributed by atoms with van der Waals surface area (Å²) in [5, 5.41) is 8.64. The first kappa shape index (κ1) is 13.3. The van der Waals surface area contributed by atoms with E-state index in [9.17, 15) is 14.4 Å². The highest BCUT2D eigenvalue weighted by molar-refractivity contribution is 6.10. The van der Waals surface area contributed by atoms with Gasteiger partial charge in [-0.15, -0.1) is 0 Å². The van der Waals surface area contributed by atoms with Crippen LogP contribution in [0.5, 0.6) is 0 Å². The molecule has 5 heteroatoms. The molecule has 0 saturated carbocycles. The van der Waals surface area contributed by atoms with Gasteiger partial charge in [-0.1, -0.05) is 12.1 Å². The molecule has 0 aliphatic carbocycles.